The summed E-state index contributed by atoms with van der Waals surface area (Å²) in [5.41, 5.74) is 5.52. The van der Waals surface area contributed by atoms with Crippen molar-refractivity contribution in [1.29, 1.82) is 0 Å². The van der Waals surface area contributed by atoms with E-state index < -0.39 is 0 Å². The number of amides is 1. The van der Waals surface area contributed by atoms with Gasteiger partial charge in [-0.3, -0.25) is 4.79 Å². The molecule has 0 aliphatic heterocycles. The Kier molecular flexibility index (Phi) is 11.8. The van der Waals surface area contributed by atoms with Crippen LogP contribution in [0.3, 0.4) is 0 Å². The molecule has 0 saturated carbocycles. The van der Waals surface area contributed by atoms with E-state index in [1.807, 2.05) is 6.92 Å². The van der Waals surface area contributed by atoms with Gasteiger partial charge in [0.15, 0.2) is 0 Å². The minimum absolute atomic E-state index is 0. The number of rotatable bonds is 8. The largest absolute Gasteiger partial charge is 0.378 e. The Morgan fingerprint density at radius 2 is 1.83 bits per heavy atom. The average molecular weight is 281 g/mol. The van der Waals surface area contributed by atoms with Crippen LogP contribution < -0.4 is 5.73 Å². The van der Waals surface area contributed by atoms with Crippen molar-refractivity contribution >= 4 is 18.3 Å². The van der Waals surface area contributed by atoms with Gasteiger partial charge in [-0.25, -0.2) is 0 Å². The Morgan fingerprint density at radius 3 is 2.28 bits per heavy atom. The number of hydrogen-bond donors (Lipinski definition) is 1. The lowest BCUT2D eigenvalue weighted by atomic mass is 10.1. The Hall–Kier alpha value is -0.320. The van der Waals surface area contributed by atoms with Crippen molar-refractivity contribution in [3.8, 4) is 0 Å². The van der Waals surface area contributed by atoms with Gasteiger partial charge in [0.2, 0.25) is 5.91 Å². The summed E-state index contributed by atoms with van der Waals surface area (Å²) in [5.74, 6) is 0.723. The molecule has 5 heteroatoms. The molecular formula is C13H29ClN2O2. The molecule has 0 aliphatic carbocycles. The molecule has 0 saturated heterocycles. The molecule has 0 radical (unpaired) electrons. The van der Waals surface area contributed by atoms with Crippen molar-refractivity contribution < 1.29 is 9.53 Å². The van der Waals surface area contributed by atoms with Gasteiger partial charge in [-0.2, -0.15) is 0 Å². The molecule has 0 aliphatic rings. The molecule has 0 spiro atoms. The van der Waals surface area contributed by atoms with Crippen LogP contribution in [-0.2, 0) is 9.53 Å². The van der Waals surface area contributed by atoms with Crippen LogP contribution in [0.5, 0.6) is 0 Å². The minimum atomic E-state index is 0. The van der Waals surface area contributed by atoms with Crippen molar-refractivity contribution in [2.75, 3.05) is 20.2 Å². The Balaban J connectivity index is 0. The SMILES string of the molecule is CC(C)CC(C)OCCC(=O)N(C)C(C)CN.Cl. The van der Waals surface area contributed by atoms with Crippen LogP contribution in [0.1, 0.15) is 40.5 Å². The zero-order chi connectivity index (χ0) is 13.4. The molecule has 0 rings (SSSR count). The number of nitrogens with two attached hydrogens (primary N) is 1. The first kappa shape index (κ1) is 20.0. The first-order valence-corrected chi connectivity index (χ1v) is 6.45. The maximum absolute atomic E-state index is 11.7. The molecule has 0 fully saturated rings. The summed E-state index contributed by atoms with van der Waals surface area (Å²) in [4.78, 5) is 13.4. The van der Waals surface area contributed by atoms with Gasteiger partial charge in [0, 0.05) is 19.6 Å². The fraction of sp³-hybridized carbons (Fsp3) is 0.923. The third-order valence-corrected chi connectivity index (χ3v) is 2.92. The molecule has 2 unspecified atom stereocenters. The standard InChI is InChI=1S/C13H28N2O2.ClH/c1-10(2)8-12(4)17-7-6-13(16)15(5)11(3)9-14;/h10-12H,6-9,14H2,1-5H3;1H. The van der Waals surface area contributed by atoms with Crippen molar-refractivity contribution in [2.45, 2.75) is 52.7 Å². The summed E-state index contributed by atoms with van der Waals surface area (Å²) in [7, 11) is 1.79. The molecule has 0 aromatic heterocycles. The van der Waals surface area contributed by atoms with Crippen LogP contribution in [0.2, 0.25) is 0 Å². The van der Waals surface area contributed by atoms with Crippen LogP contribution in [0, 0.1) is 5.92 Å². The first-order chi connectivity index (χ1) is 7.88. The predicted octanol–water partition coefficient (Wildman–Crippen LogP) is 2.06. The number of ether oxygens (including phenoxy) is 1. The fourth-order valence-electron chi connectivity index (χ4n) is 1.66. The number of carbonyl (C=O) groups excluding carboxylic acids is 1. The van der Waals surface area contributed by atoms with Gasteiger partial charge >= 0.3 is 0 Å². The molecule has 0 bridgehead atoms. The average Bonchev–Trinajstić information content (AvgIpc) is 2.25. The highest BCUT2D eigenvalue weighted by atomic mass is 35.5. The highest BCUT2D eigenvalue weighted by Crippen LogP contribution is 2.08. The van der Waals surface area contributed by atoms with E-state index in [0.717, 1.165) is 6.42 Å². The molecule has 4 nitrogen and oxygen atoms in total. The molecule has 0 aromatic rings. The van der Waals surface area contributed by atoms with E-state index in [9.17, 15) is 4.79 Å². The van der Waals surface area contributed by atoms with Gasteiger partial charge < -0.3 is 15.4 Å². The lowest BCUT2D eigenvalue weighted by Crippen LogP contribution is -2.40. The van der Waals surface area contributed by atoms with Crippen LogP contribution in [0.4, 0.5) is 0 Å². The van der Waals surface area contributed by atoms with Crippen molar-refractivity contribution in [1.82, 2.24) is 4.90 Å². The molecule has 1 amide bonds. The zero-order valence-electron chi connectivity index (χ0n) is 12.3. The van der Waals surface area contributed by atoms with Crippen LogP contribution in [-0.4, -0.2) is 43.2 Å². The molecule has 2 atom stereocenters. The Morgan fingerprint density at radius 1 is 1.28 bits per heavy atom. The number of nitrogens with zero attached hydrogens (tertiary/aromatic N) is 1. The second-order valence-corrected chi connectivity index (χ2v) is 5.15. The van der Waals surface area contributed by atoms with Gasteiger partial charge in [-0.1, -0.05) is 13.8 Å². The monoisotopic (exact) mass is 280 g/mol. The van der Waals surface area contributed by atoms with E-state index in [1.54, 1.807) is 11.9 Å². The van der Waals surface area contributed by atoms with E-state index in [4.69, 9.17) is 10.5 Å². The predicted molar refractivity (Wildman–Crippen MR) is 78.0 cm³/mol. The van der Waals surface area contributed by atoms with Gasteiger partial charge in [-0.05, 0) is 26.2 Å². The van der Waals surface area contributed by atoms with Gasteiger partial charge in [-0.15, -0.1) is 12.4 Å². The number of halogens is 1. The van der Waals surface area contributed by atoms with Gasteiger partial charge in [0.1, 0.15) is 0 Å². The normalized spacial score (nSPS) is 13.9. The lowest BCUT2D eigenvalue weighted by Gasteiger charge is -2.24. The van der Waals surface area contributed by atoms with Crippen LogP contribution in [0.15, 0.2) is 0 Å². The molecule has 0 heterocycles. The summed E-state index contributed by atoms with van der Waals surface area (Å²) in [6.45, 7) is 9.32. The fourth-order valence-corrected chi connectivity index (χ4v) is 1.66. The highest BCUT2D eigenvalue weighted by Gasteiger charge is 2.14. The summed E-state index contributed by atoms with van der Waals surface area (Å²) in [6.07, 6.45) is 1.69. The smallest absolute Gasteiger partial charge is 0.224 e. The van der Waals surface area contributed by atoms with Gasteiger partial charge in [0.05, 0.1) is 19.1 Å². The van der Waals surface area contributed by atoms with Crippen molar-refractivity contribution in [3.63, 3.8) is 0 Å². The Bertz CT molecular complexity index is 225. The summed E-state index contributed by atoms with van der Waals surface area (Å²) in [5, 5.41) is 0. The van der Waals surface area contributed by atoms with E-state index >= 15 is 0 Å². The first-order valence-electron chi connectivity index (χ1n) is 6.45. The zero-order valence-corrected chi connectivity index (χ0v) is 13.1. The van der Waals surface area contributed by atoms with E-state index in [2.05, 4.69) is 20.8 Å². The number of carbonyl (C=O) groups is 1. The van der Waals surface area contributed by atoms with Gasteiger partial charge in [0.25, 0.3) is 0 Å². The molecule has 18 heavy (non-hydrogen) atoms. The maximum Gasteiger partial charge on any atom is 0.224 e. The van der Waals surface area contributed by atoms with Crippen LogP contribution >= 0.6 is 12.4 Å². The summed E-state index contributed by atoms with van der Waals surface area (Å²) in [6, 6.07) is 0.0931. The Labute approximate surface area is 118 Å². The van der Waals surface area contributed by atoms with Crippen molar-refractivity contribution in [2.24, 2.45) is 11.7 Å². The maximum atomic E-state index is 11.7. The summed E-state index contributed by atoms with van der Waals surface area (Å²) >= 11 is 0. The second kappa shape index (κ2) is 10.6. The second-order valence-electron chi connectivity index (χ2n) is 5.15. The quantitative estimate of drug-likeness (QED) is 0.740. The van der Waals surface area contributed by atoms with Crippen LogP contribution in [0.25, 0.3) is 0 Å². The van der Waals surface area contributed by atoms with E-state index in [1.165, 1.54) is 0 Å². The van der Waals surface area contributed by atoms with E-state index in [0.29, 0.717) is 25.5 Å². The topological polar surface area (TPSA) is 55.6 Å². The third kappa shape index (κ3) is 8.72. The molecule has 2 N–H and O–H groups in total. The lowest BCUT2D eigenvalue weighted by molar-refractivity contribution is -0.133. The highest BCUT2D eigenvalue weighted by molar-refractivity contribution is 5.85. The summed E-state index contributed by atoms with van der Waals surface area (Å²) < 4.78 is 5.61. The number of hydrogen-bond acceptors (Lipinski definition) is 3. The number of likely N-dealkylation sites (N-methyl/N-ethyl adjacent to an activating group) is 1. The van der Waals surface area contributed by atoms with Crippen molar-refractivity contribution in [3.05, 3.63) is 0 Å². The third-order valence-electron chi connectivity index (χ3n) is 2.92. The molecule has 0 aromatic carbocycles. The minimum Gasteiger partial charge on any atom is -0.378 e. The molecule has 110 valence electrons. The molecular weight excluding hydrogens is 252 g/mol. The van der Waals surface area contributed by atoms with E-state index in [-0.39, 0.29) is 30.5 Å².